The summed E-state index contributed by atoms with van der Waals surface area (Å²) in [4.78, 5) is 47.2. The van der Waals surface area contributed by atoms with Crippen LogP contribution in [-0.2, 0) is 20.7 Å². The van der Waals surface area contributed by atoms with Gasteiger partial charge in [0.1, 0.15) is 6.04 Å². The van der Waals surface area contributed by atoms with Crippen LogP contribution >= 0.6 is 0 Å². The summed E-state index contributed by atoms with van der Waals surface area (Å²) < 4.78 is 5.41. The molecule has 0 radical (unpaired) electrons. The number of rotatable bonds is 5. The molecule has 1 aromatic heterocycles. The van der Waals surface area contributed by atoms with E-state index in [-0.39, 0.29) is 24.0 Å². The summed E-state index contributed by atoms with van der Waals surface area (Å²) >= 11 is 0. The lowest BCUT2D eigenvalue weighted by Gasteiger charge is -2.47. The first-order valence-corrected chi connectivity index (χ1v) is 12.2. The van der Waals surface area contributed by atoms with Gasteiger partial charge >= 0.3 is 0 Å². The first-order chi connectivity index (χ1) is 17.5. The van der Waals surface area contributed by atoms with Crippen molar-refractivity contribution in [3.05, 3.63) is 75.5 Å². The number of nitrogens with one attached hydrogen (secondary N) is 1. The summed E-state index contributed by atoms with van der Waals surface area (Å²) in [6, 6.07) is 13.0. The van der Waals surface area contributed by atoms with Crippen molar-refractivity contribution in [1.29, 1.82) is 0 Å². The monoisotopic (exact) mass is 489 g/mol. The Labute approximate surface area is 207 Å². The molecule has 4 heterocycles. The molecule has 2 aromatic carbocycles. The molecule has 0 saturated carbocycles. The number of non-ortho nitro benzene ring substituents is 1. The number of nitrogens with zero attached hydrogens (tertiary/aromatic N) is 4. The highest BCUT2D eigenvalue weighted by Crippen LogP contribution is 2.42. The van der Waals surface area contributed by atoms with Gasteiger partial charge in [0.15, 0.2) is 0 Å². The predicted octanol–water partition coefficient (Wildman–Crippen LogP) is 2.09. The van der Waals surface area contributed by atoms with Gasteiger partial charge in [-0.3, -0.25) is 24.6 Å². The third kappa shape index (κ3) is 3.82. The van der Waals surface area contributed by atoms with E-state index in [1.807, 2.05) is 24.3 Å². The summed E-state index contributed by atoms with van der Waals surface area (Å²) in [7, 11) is 0. The Kier molecular flexibility index (Phi) is 5.69. The average molecular weight is 490 g/mol. The van der Waals surface area contributed by atoms with E-state index in [4.69, 9.17) is 4.74 Å². The molecule has 0 bridgehead atoms. The van der Waals surface area contributed by atoms with Crippen molar-refractivity contribution in [3.63, 3.8) is 0 Å². The highest BCUT2D eigenvalue weighted by atomic mass is 16.6. The van der Waals surface area contributed by atoms with Crippen LogP contribution in [0.3, 0.4) is 0 Å². The second-order valence-corrected chi connectivity index (χ2v) is 9.55. The van der Waals surface area contributed by atoms with Gasteiger partial charge in [0.05, 0.1) is 30.7 Å². The number of nitro benzene ring substituents is 1. The van der Waals surface area contributed by atoms with Crippen LogP contribution in [-0.4, -0.2) is 88.4 Å². The van der Waals surface area contributed by atoms with E-state index in [2.05, 4.69) is 9.88 Å². The fourth-order valence-electron chi connectivity index (χ4n) is 5.72. The van der Waals surface area contributed by atoms with E-state index in [1.54, 1.807) is 21.9 Å². The van der Waals surface area contributed by atoms with Gasteiger partial charge in [-0.2, -0.15) is 0 Å². The van der Waals surface area contributed by atoms with Gasteiger partial charge in [-0.05, 0) is 29.3 Å². The largest absolute Gasteiger partial charge is 0.379 e. The second-order valence-electron chi connectivity index (χ2n) is 9.55. The smallest absolute Gasteiger partial charge is 0.269 e. The Hall–Kier alpha value is -3.76. The Morgan fingerprint density at radius 3 is 2.53 bits per heavy atom. The number of nitro groups is 1. The third-order valence-electron chi connectivity index (χ3n) is 7.55. The number of benzene rings is 2. The highest BCUT2D eigenvalue weighted by Gasteiger charge is 2.48. The average Bonchev–Trinajstić information content (AvgIpc) is 3.28. The summed E-state index contributed by atoms with van der Waals surface area (Å²) in [6.07, 6.45) is 0.432. The van der Waals surface area contributed by atoms with Gasteiger partial charge < -0.3 is 19.5 Å². The number of hydrogen-bond acceptors (Lipinski definition) is 6. The molecule has 2 atom stereocenters. The van der Waals surface area contributed by atoms with Gasteiger partial charge in [0, 0.05) is 61.3 Å². The Balaban J connectivity index is 1.37. The molecule has 10 nitrogen and oxygen atoms in total. The van der Waals surface area contributed by atoms with E-state index >= 15 is 0 Å². The number of aromatic nitrogens is 1. The van der Waals surface area contributed by atoms with Crippen molar-refractivity contribution in [1.82, 2.24) is 19.7 Å². The summed E-state index contributed by atoms with van der Waals surface area (Å²) in [5, 5.41) is 12.2. The van der Waals surface area contributed by atoms with Crippen LogP contribution in [0.4, 0.5) is 5.69 Å². The molecule has 0 unspecified atom stereocenters. The van der Waals surface area contributed by atoms with Crippen LogP contribution in [0.25, 0.3) is 10.9 Å². The zero-order chi connectivity index (χ0) is 24.8. The van der Waals surface area contributed by atoms with Gasteiger partial charge in [0.2, 0.25) is 11.8 Å². The van der Waals surface area contributed by atoms with Crippen molar-refractivity contribution in [2.45, 2.75) is 18.5 Å². The number of morpholine rings is 1. The maximum Gasteiger partial charge on any atom is 0.269 e. The van der Waals surface area contributed by atoms with Crippen molar-refractivity contribution in [2.75, 3.05) is 45.9 Å². The normalized spacial score (nSPS) is 22.6. The third-order valence-corrected chi connectivity index (χ3v) is 7.55. The number of carbonyl (C=O) groups is 2. The molecule has 1 N–H and O–H groups in total. The zero-order valence-electron chi connectivity index (χ0n) is 19.8. The van der Waals surface area contributed by atoms with Crippen molar-refractivity contribution >= 4 is 28.4 Å². The van der Waals surface area contributed by atoms with Gasteiger partial charge in [-0.25, -0.2) is 0 Å². The lowest BCUT2D eigenvalue weighted by molar-refractivity contribution is -0.384. The molecule has 0 spiro atoms. The zero-order valence-corrected chi connectivity index (χ0v) is 19.8. The maximum atomic E-state index is 13.8. The molecule has 36 heavy (non-hydrogen) atoms. The molecular formula is C26H27N5O5. The number of aromatic amines is 1. The van der Waals surface area contributed by atoms with Crippen molar-refractivity contribution in [3.8, 4) is 0 Å². The van der Waals surface area contributed by atoms with E-state index < -0.39 is 17.0 Å². The van der Waals surface area contributed by atoms with E-state index in [1.165, 1.54) is 12.1 Å². The van der Waals surface area contributed by atoms with Crippen LogP contribution in [0.15, 0.2) is 48.5 Å². The van der Waals surface area contributed by atoms with E-state index in [0.717, 1.165) is 40.8 Å². The molecule has 2 fully saturated rings. The summed E-state index contributed by atoms with van der Waals surface area (Å²) in [5.74, 6) is -0.167. The van der Waals surface area contributed by atoms with Crippen molar-refractivity contribution < 1.29 is 19.2 Å². The minimum absolute atomic E-state index is 0.0154. The lowest BCUT2D eigenvalue weighted by Crippen LogP contribution is -2.63. The van der Waals surface area contributed by atoms with Crippen molar-refractivity contribution in [2.24, 2.45) is 0 Å². The molecule has 10 heteroatoms. The van der Waals surface area contributed by atoms with Crippen LogP contribution in [0.1, 0.15) is 22.9 Å². The number of hydrogen-bond donors (Lipinski definition) is 1. The molecular weight excluding hydrogens is 462 g/mol. The molecule has 186 valence electrons. The molecule has 3 aromatic rings. The van der Waals surface area contributed by atoms with E-state index in [9.17, 15) is 19.7 Å². The Morgan fingerprint density at radius 2 is 1.78 bits per heavy atom. The van der Waals surface area contributed by atoms with Gasteiger partial charge in [-0.1, -0.05) is 18.2 Å². The number of carbonyl (C=O) groups excluding carboxylic acids is 2. The standard InChI is InChI=1S/C26H27N5O5/c32-23-16-29(10-9-28-11-13-36-14-12-28)26(33)22-15-20-19-3-1-2-4-21(19)27-24(20)25(30(22)23)17-5-7-18(8-6-17)31(34)35/h1-8,22,25,27H,9-16H2/t22-,25+/m0/s1. The molecule has 2 saturated heterocycles. The minimum Gasteiger partial charge on any atom is -0.379 e. The SMILES string of the molecule is O=C1[C@@H]2Cc3c([nH]c4ccccc34)[C@@H](c3ccc([N+](=O)[O-])cc3)N2C(=O)CN1CCN1CCOCC1. The topological polar surface area (TPSA) is 112 Å². The highest BCUT2D eigenvalue weighted by molar-refractivity contribution is 5.97. The van der Waals surface area contributed by atoms with Crippen LogP contribution in [0, 0.1) is 10.1 Å². The summed E-state index contributed by atoms with van der Waals surface area (Å²) in [5.41, 5.74) is 3.55. The fourth-order valence-corrected chi connectivity index (χ4v) is 5.72. The predicted molar refractivity (Wildman–Crippen MR) is 131 cm³/mol. The number of para-hydroxylation sites is 1. The Bertz CT molecular complexity index is 1330. The minimum atomic E-state index is -0.622. The summed E-state index contributed by atoms with van der Waals surface area (Å²) in [6.45, 7) is 4.25. The molecule has 0 aliphatic carbocycles. The molecule has 2 amide bonds. The van der Waals surface area contributed by atoms with Crippen LogP contribution in [0.5, 0.6) is 0 Å². The molecule has 6 rings (SSSR count). The molecule has 3 aliphatic rings. The first kappa shape index (κ1) is 22.7. The molecule has 3 aliphatic heterocycles. The second kappa shape index (κ2) is 9.03. The van der Waals surface area contributed by atoms with Crippen LogP contribution < -0.4 is 0 Å². The number of piperazine rings is 1. The lowest BCUT2D eigenvalue weighted by atomic mass is 9.86. The Morgan fingerprint density at radius 1 is 1.03 bits per heavy atom. The van der Waals surface area contributed by atoms with E-state index in [0.29, 0.717) is 32.7 Å². The number of ether oxygens (including phenoxy) is 1. The fraction of sp³-hybridized carbons (Fsp3) is 0.385. The van der Waals surface area contributed by atoms with Gasteiger partial charge in [-0.15, -0.1) is 0 Å². The quantitative estimate of drug-likeness (QED) is 0.434. The maximum absolute atomic E-state index is 13.8. The van der Waals surface area contributed by atoms with Crippen LogP contribution in [0.2, 0.25) is 0 Å². The first-order valence-electron chi connectivity index (χ1n) is 12.2. The number of amides is 2. The number of fused-ring (bicyclic) bond motifs is 4. The number of H-pyrrole nitrogens is 1. The van der Waals surface area contributed by atoms with Gasteiger partial charge in [0.25, 0.3) is 5.69 Å².